The largest absolute Gasteiger partial charge is 0.416 e. The number of nitrogens with zero attached hydrogens (tertiary/aromatic N) is 4. The van der Waals surface area contributed by atoms with Gasteiger partial charge in [-0.25, -0.2) is 19.3 Å². The third-order valence-corrected chi connectivity index (χ3v) is 6.45. The Bertz CT molecular complexity index is 1110. The van der Waals surface area contributed by atoms with Crippen LogP contribution in [0, 0.1) is 18.7 Å². The van der Waals surface area contributed by atoms with Crippen molar-refractivity contribution >= 4 is 38.9 Å². The number of rotatable bonds is 4. The fourth-order valence-electron chi connectivity index (χ4n) is 3.57. The first-order valence-electron chi connectivity index (χ1n) is 10.0. The second-order valence-electron chi connectivity index (χ2n) is 7.82. The zero-order valence-electron chi connectivity index (χ0n) is 17.3. The van der Waals surface area contributed by atoms with Gasteiger partial charge in [-0.1, -0.05) is 29.9 Å². The van der Waals surface area contributed by atoms with Crippen molar-refractivity contribution in [3.63, 3.8) is 0 Å². The van der Waals surface area contributed by atoms with Crippen molar-refractivity contribution in [3.8, 4) is 11.3 Å². The SMILES string of the molecule is Cc1nc(Cl)cc(Nc2nc(-c3cc(F)cc(C(F)(F)F)c3)c(N3CCC(C)CC3)s2)n1. The molecule has 1 fully saturated rings. The maximum Gasteiger partial charge on any atom is 0.416 e. The summed E-state index contributed by atoms with van der Waals surface area (Å²) >= 11 is 7.28. The Morgan fingerprint density at radius 2 is 1.81 bits per heavy atom. The Morgan fingerprint density at radius 1 is 1.09 bits per heavy atom. The summed E-state index contributed by atoms with van der Waals surface area (Å²) in [4.78, 5) is 14.9. The molecular formula is C21H20ClF4N5S. The van der Waals surface area contributed by atoms with Crippen LogP contribution in [0.15, 0.2) is 24.3 Å². The van der Waals surface area contributed by atoms with Crippen LogP contribution in [0.5, 0.6) is 0 Å². The van der Waals surface area contributed by atoms with Crippen LogP contribution in [0.2, 0.25) is 5.15 Å². The van der Waals surface area contributed by atoms with Gasteiger partial charge >= 0.3 is 6.18 Å². The van der Waals surface area contributed by atoms with Gasteiger partial charge in [0.1, 0.15) is 33.3 Å². The Balaban J connectivity index is 1.77. The van der Waals surface area contributed by atoms with Crippen molar-refractivity contribution in [2.75, 3.05) is 23.3 Å². The Morgan fingerprint density at radius 3 is 2.47 bits per heavy atom. The number of benzene rings is 1. The van der Waals surface area contributed by atoms with Crippen molar-refractivity contribution in [1.82, 2.24) is 15.0 Å². The van der Waals surface area contributed by atoms with Crippen molar-refractivity contribution in [2.45, 2.75) is 32.9 Å². The van der Waals surface area contributed by atoms with E-state index in [2.05, 4.69) is 32.1 Å². The molecule has 1 aliphatic heterocycles. The van der Waals surface area contributed by atoms with Crippen molar-refractivity contribution in [2.24, 2.45) is 5.92 Å². The second kappa shape index (κ2) is 8.82. The number of anilines is 3. The summed E-state index contributed by atoms with van der Waals surface area (Å²) in [5, 5.41) is 4.41. The third-order valence-electron chi connectivity index (χ3n) is 5.22. The van der Waals surface area contributed by atoms with Crippen LogP contribution in [0.3, 0.4) is 0 Å². The molecule has 0 unspecified atom stereocenters. The number of hydrogen-bond acceptors (Lipinski definition) is 6. The lowest BCUT2D eigenvalue weighted by atomic mass is 9.99. The van der Waals surface area contributed by atoms with E-state index in [9.17, 15) is 17.6 Å². The quantitative estimate of drug-likeness (QED) is 0.329. The van der Waals surface area contributed by atoms with Crippen LogP contribution in [0.1, 0.15) is 31.2 Å². The molecule has 0 spiro atoms. The molecule has 0 bridgehead atoms. The van der Waals surface area contributed by atoms with Crippen LogP contribution in [0.4, 0.5) is 33.5 Å². The van der Waals surface area contributed by atoms with E-state index < -0.39 is 17.6 Å². The summed E-state index contributed by atoms with van der Waals surface area (Å²) in [7, 11) is 0. The predicted molar refractivity (Wildman–Crippen MR) is 118 cm³/mol. The van der Waals surface area contributed by atoms with Gasteiger partial charge < -0.3 is 10.2 Å². The van der Waals surface area contributed by atoms with Gasteiger partial charge in [0.05, 0.1) is 5.56 Å². The standard InChI is InChI=1S/C21H20ClF4N5S/c1-11-3-5-31(6-4-11)19-18(13-7-14(21(24,25)26)9-15(23)8-13)30-20(32-19)29-17-10-16(22)27-12(2)28-17/h7-11H,3-6H2,1-2H3,(H,27,28,29,30). The molecule has 0 amide bonds. The minimum absolute atomic E-state index is 0.0761. The number of hydrogen-bond donors (Lipinski definition) is 1. The summed E-state index contributed by atoms with van der Waals surface area (Å²) in [6, 6.07) is 4.03. The molecule has 1 N–H and O–H groups in total. The lowest BCUT2D eigenvalue weighted by molar-refractivity contribution is -0.137. The van der Waals surface area contributed by atoms with Crippen molar-refractivity contribution < 1.29 is 17.6 Å². The van der Waals surface area contributed by atoms with E-state index in [1.54, 1.807) is 6.92 Å². The third kappa shape index (κ3) is 5.12. The Labute approximate surface area is 191 Å². The summed E-state index contributed by atoms with van der Waals surface area (Å²) in [5.41, 5.74) is -0.674. The molecule has 11 heteroatoms. The molecule has 3 aromatic rings. The molecule has 0 aliphatic carbocycles. The summed E-state index contributed by atoms with van der Waals surface area (Å²) in [5.74, 6) is 0.477. The highest BCUT2D eigenvalue weighted by molar-refractivity contribution is 7.20. The first-order chi connectivity index (χ1) is 15.1. The number of nitrogens with one attached hydrogen (secondary N) is 1. The molecule has 5 nitrogen and oxygen atoms in total. The molecule has 32 heavy (non-hydrogen) atoms. The van der Waals surface area contributed by atoms with Crippen molar-refractivity contribution in [3.05, 3.63) is 46.6 Å². The number of aryl methyl sites for hydroxylation is 1. The molecule has 2 aromatic heterocycles. The van der Waals surface area contributed by atoms with Crippen LogP contribution >= 0.6 is 22.9 Å². The van der Waals surface area contributed by atoms with Gasteiger partial charge in [0.25, 0.3) is 0 Å². The summed E-state index contributed by atoms with van der Waals surface area (Å²) in [6.07, 6.45) is -2.75. The molecule has 170 valence electrons. The lowest BCUT2D eigenvalue weighted by Crippen LogP contribution is -2.32. The summed E-state index contributed by atoms with van der Waals surface area (Å²) < 4.78 is 54.0. The first kappa shape index (κ1) is 22.7. The fourth-order valence-corrected chi connectivity index (χ4v) is 4.85. The molecule has 1 saturated heterocycles. The average molecular weight is 486 g/mol. The fraction of sp³-hybridized carbons (Fsp3) is 0.381. The van der Waals surface area contributed by atoms with Crippen LogP contribution < -0.4 is 10.2 Å². The first-order valence-corrected chi connectivity index (χ1v) is 11.2. The van der Waals surface area contributed by atoms with Gasteiger partial charge in [0.2, 0.25) is 0 Å². The van der Waals surface area contributed by atoms with E-state index in [4.69, 9.17) is 11.6 Å². The highest BCUT2D eigenvalue weighted by Crippen LogP contribution is 2.42. The Hall–Kier alpha value is -2.46. The van der Waals surface area contributed by atoms with Crippen LogP contribution in [-0.4, -0.2) is 28.0 Å². The minimum atomic E-state index is -4.66. The number of piperidine rings is 1. The van der Waals surface area contributed by atoms with E-state index in [0.29, 0.717) is 39.5 Å². The topological polar surface area (TPSA) is 53.9 Å². The van der Waals surface area contributed by atoms with E-state index in [-0.39, 0.29) is 10.7 Å². The smallest absolute Gasteiger partial charge is 0.362 e. The lowest BCUT2D eigenvalue weighted by Gasteiger charge is -2.31. The number of thiazole rings is 1. The van der Waals surface area contributed by atoms with Gasteiger partial charge in [-0.3, -0.25) is 0 Å². The van der Waals surface area contributed by atoms with Gasteiger partial charge in [0.15, 0.2) is 5.13 Å². The van der Waals surface area contributed by atoms with E-state index in [1.165, 1.54) is 17.4 Å². The molecule has 0 saturated carbocycles. The number of alkyl halides is 3. The highest BCUT2D eigenvalue weighted by atomic mass is 35.5. The minimum Gasteiger partial charge on any atom is -0.362 e. The highest BCUT2D eigenvalue weighted by Gasteiger charge is 2.32. The van der Waals surface area contributed by atoms with Crippen LogP contribution in [0.25, 0.3) is 11.3 Å². The summed E-state index contributed by atoms with van der Waals surface area (Å²) in [6.45, 7) is 5.35. The molecular weight excluding hydrogens is 466 g/mol. The van der Waals surface area contributed by atoms with E-state index in [1.807, 2.05) is 0 Å². The van der Waals surface area contributed by atoms with Crippen molar-refractivity contribution in [1.29, 1.82) is 0 Å². The molecule has 4 rings (SSSR count). The molecule has 1 aliphatic rings. The van der Waals surface area contributed by atoms with Gasteiger partial charge in [-0.2, -0.15) is 13.2 Å². The van der Waals surface area contributed by atoms with E-state index in [0.717, 1.165) is 38.1 Å². The van der Waals surface area contributed by atoms with Gasteiger partial charge in [-0.15, -0.1) is 0 Å². The molecule has 3 heterocycles. The second-order valence-corrected chi connectivity index (χ2v) is 9.18. The average Bonchev–Trinajstić information content (AvgIpc) is 3.10. The maximum absolute atomic E-state index is 14.1. The normalized spacial score (nSPS) is 15.3. The number of aromatic nitrogens is 3. The monoisotopic (exact) mass is 485 g/mol. The van der Waals surface area contributed by atoms with Gasteiger partial charge in [0, 0.05) is 24.7 Å². The van der Waals surface area contributed by atoms with Gasteiger partial charge in [-0.05, 0) is 43.9 Å². The van der Waals surface area contributed by atoms with E-state index >= 15 is 0 Å². The zero-order valence-corrected chi connectivity index (χ0v) is 18.9. The molecule has 0 radical (unpaired) electrons. The number of halogens is 5. The zero-order chi connectivity index (χ0) is 23.0. The molecule has 0 atom stereocenters. The maximum atomic E-state index is 14.1. The predicted octanol–water partition coefficient (Wildman–Crippen LogP) is 6.70. The molecule has 1 aromatic carbocycles. The van der Waals surface area contributed by atoms with Crippen LogP contribution in [-0.2, 0) is 6.18 Å². The Kier molecular flexibility index (Phi) is 6.26.